The lowest BCUT2D eigenvalue weighted by molar-refractivity contribution is -0.139. The van der Waals surface area contributed by atoms with Gasteiger partial charge in [-0.05, 0) is 72.0 Å². The molecule has 0 bridgehead atoms. The van der Waals surface area contributed by atoms with Crippen molar-refractivity contribution in [3.8, 4) is 17.2 Å². The lowest BCUT2D eigenvalue weighted by Gasteiger charge is -2.13. The average molecular weight is 547 g/mol. The minimum Gasteiger partial charge on any atom is -0.497 e. The first-order valence-corrected chi connectivity index (χ1v) is 12.8. The van der Waals surface area contributed by atoms with Crippen molar-refractivity contribution >= 4 is 29.6 Å². The van der Waals surface area contributed by atoms with E-state index in [1.54, 1.807) is 49.6 Å². The highest BCUT2D eigenvalue weighted by Gasteiger charge is 2.13. The number of rotatable bonds is 12. The topological polar surface area (TPSA) is 127 Å². The van der Waals surface area contributed by atoms with E-state index in [0.717, 1.165) is 5.56 Å². The highest BCUT2D eigenvalue weighted by atomic mass is 16.5. The van der Waals surface area contributed by atoms with Crippen molar-refractivity contribution in [2.45, 2.75) is 33.2 Å². The van der Waals surface area contributed by atoms with E-state index in [2.05, 4.69) is 35.0 Å². The van der Waals surface area contributed by atoms with Crippen LogP contribution >= 0.6 is 0 Å². The van der Waals surface area contributed by atoms with Gasteiger partial charge < -0.3 is 24.8 Å². The van der Waals surface area contributed by atoms with E-state index in [-0.39, 0.29) is 19.1 Å². The molecule has 10 heteroatoms. The van der Waals surface area contributed by atoms with Gasteiger partial charge in [0.15, 0.2) is 18.1 Å². The Hall–Kier alpha value is -4.86. The normalized spacial score (nSPS) is 10.7. The van der Waals surface area contributed by atoms with Crippen molar-refractivity contribution in [1.82, 2.24) is 10.7 Å². The number of benzene rings is 3. The van der Waals surface area contributed by atoms with Crippen molar-refractivity contribution in [3.63, 3.8) is 0 Å². The van der Waals surface area contributed by atoms with Gasteiger partial charge in [0.25, 0.3) is 5.91 Å². The molecule has 0 heterocycles. The van der Waals surface area contributed by atoms with E-state index in [0.29, 0.717) is 41.0 Å². The van der Waals surface area contributed by atoms with Crippen LogP contribution in [-0.4, -0.2) is 44.3 Å². The summed E-state index contributed by atoms with van der Waals surface area (Å²) in [5.41, 5.74) is 5.50. The molecule has 0 aromatic heterocycles. The maximum absolute atomic E-state index is 12.3. The molecule has 0 radical (unpaired) electrons. The van der Waals surface area contributed by atoms with E-state index in [9.17, 15) is 14.4 Å². The minimum atomic E-state index is -0.886. The van der Waals surface area contributed by atoms with Crippen LogP contribution in [0.4, 0.5) is 5.69 Å². The molecule has 0 unspecified atom stereocenters. The van der Waals surface area contributed by atoms with Gasteiger partial charge in [0.1, 0.15) is 5.75 Å². The molecule has 0 fully saturated rings. The van der Waals surface area contributed by atoms with E-state index >= 15 is 0 Å². The van der Waals surface area contributed by atoms with Crippen LogP contribution in [0.1, 0.15) is 43.4 Å². The fourth-order valence-electron chi connectivity index (χ4n) is 3.51. The molecule has 0 atom stereocenters. The molecular formula is C30H34N4O6. The molecule has 0 spiro atoms. The molecule has 0 saturated heterocycles. The van der Waals surface area contributed by atoms with E-state index in [1.165, 1.54) is 11.8 Å². The van der Waals surface area contributed by atoms with E-state index in [4.69, 9.17) is 14.2 Å². The second kappa shape index (κ2) is 14.9. The Kier molecular flexibility index (Phi) is 11.1. The smallest absolute Gasteiger partial charge is 0.329 e. The molecule has 3 aromatic rings. The molecule has 10 nitrogen and oxygen atoms in total. The Bertz CT molecular complexity index is 1320. The zero-order valence-electron chi connectivity index (χ0n) is 23.0. The second-order valence-corrected chi connectivity index (χ2v) is 8.98. The molecule has 3 rings (SSSR count). The fourth-order valence-corrected chi connectivity index (χ4v) is 3.51. The number of anilines is 1. The monoisotopic (exact) mass is 546 g/mol. The van der Waals surface area contributed by atoms with Gasteiger partial charge in [-0.3, -0.25) is 14.4 Å². The van der Waals surface area contributed by atoms with Crippen LogP contribution in [0, 0.1) is 0 Å². The molecule has 0 aliphatic carbocycles. The maximum atomic E-state index is 12.3. The number of methoxy groups -OCH3 is 1. The van der Waals surface area contributed by atoms with Gasteiger partial charge in [0.05, 0.1) is 19.9 Å². The molecule has 3 amide bonds. The highest BCUT2D eigenvalue weighted by Crippen LogP contribution is 2.28. The summed E-state index contributed by atoms with van der Waals surface area (Å²) in [5.74, 6) is -0.153. The van der Waals surface area contributed by atoms with Crippen LogP contribution in [-0.2, 0) is 20.9 Å². The average Bonchev–Trinajstić information content (AvgIpc) is 2.96. The number of nitrogens with zero attached hydrogens (tertiary/aromatic N) is 1. The van der Waals surface area contributed by atoms with Crippen LogP contribution in [0.2, 0.25) is 0 Å². The summed E-state index contributed by atoms with van der Waals surface area (Å²) in [6, 6.07) is 19.7. The van der Waals surface area contributed by atoms with Gasteiger partial charge in [0.2, 0.25) is 0 Å². The zero-order valence-corrected chi connectivity index (χ0v) is 23.0. The Morgan fingerprint density at radius 3 is 2.27 bits per heavy atom. The maximum Gasteiger partial charge on any atom is 0.329 e. The number of nitrogens with one attached hydrogen (secondary N) is 3. The first-order chi connectivity index (χ1) is 19.3. The summed E-state index contributed by atoms with van der Waals surface area (Å²) in [4.78, 5) is 36.5. The number of amides is 3. The van der Waals surface area contributed by atoms with Gasteiger partial charge in [-0.1, -0.05) is 38.1 Å². The number of hydrogen-bond acceptors (Lipinski definition) is 7. The molecule has 0 saturated carbocycles. The van der Waals surface area contributed by atoms with Crippen LogP contribution in [0.3, 0.4) is 0 Å². The standard InChI is InChI=1S/C30H34N4O6/c1-5-39-27-16-22(8-15-26(27)40-19-28(35)33-24-11-13-25(38-4)14-12-24)18-32-34-30(37)29(36)31-17-21-6-9-23(10-7-21)20(2)3/h6-16,18,20H,5,17,19H2,1-4H3,(H,31,36)(H,33,35)(H,34,37)/b32-18-. The first kappa shape index (κ1) is 29.7. The minimum absolute atomic E-state index is 0.228. The van der Waals surface area contributed by atoms with Gasteiger partial charge in [-0.25, -0.2) is 5.43 Å². The number of hydrazone groups is 1. The van der Waals surface area contributed by atoms with Gasteiger partial charge in [0, 0.05) is 12.2 Å². The Morgan fingerprint density at radius 2 is 1.62 bits per heavy atom. The Balaban J connectivity index is 1.50. The van der Waals surface area contributed by atoms with E-state index < -0.39 is 11.8 Å². The highest BCUT2D eigenvalue weighted by molar-refractivity contribution is 6.35. The largest absolute Gasteiger partial charge is 0.497 e. The number of carbonyl (C=O) groups excluding carboxylic acids is 3. The summed E-state index contributed by atoms with van der Waals surface area (Å²) >= 11 is 0. The summed E-state index contributed by atoms with van der Waals surface area (Å²) in [6.07, 6.45) is 1.37. The molecular weight excluding hydrogens is 512 g/mol. The third-order valence-electron chi connectivity index (χ3n) is 5.69. The number of ether oxygens (including phenoxy) is 3. The summed E-state index contributed by atoms with van der Waals surface area (Å²) in [7, 11) is 1.57. The number of carbonyl (C=O) groups is 3. The van der Waals surface area contributed by atoms with Gasteiger partial charge in [-0.2, -0.15) is 5.10 Å². The zero-order chi connectivity index (χ0) is 28.9. The molecule has 3 N–H and O–H groups in total. The lowest BCUT2D eigenvalue weighted by Crippen LogP contribution is -2.37. The molecule has 3 aromatic carbocycles. The van der Waals surface area contributed by atoms with Crippen molar-refractivity contribution in [3.05, 3.63) is 83.4 Å². The van der Waals surface area contributed by atoms with Gasteiger partial charge >= 0.3 is 11.8 Å². The molecule has 0 aliphatic rings. The van der Waals surface area contributed by atoms with Crippen molar-refractivity contribution < 1.29 is 28.6 Å². The lowest BCUT2D eigenvalue weighted by atomic mass is 10.0. The van der Waals surface area contributed by atoms with Crippen molar-refractivity contribution in [1.29, 1.82) is 0 Å². The first-order valence-electron chi connectivity index (χ1n) is 12.8. The summed E-state index contributed by atoms with van der Waals surface area (Å²) in [6.45, 7) is 6.39. The van der Waals surface area contributed by atoms with Crippen LogP contribution in [0.5, 0.6) is 17.2 Å². The predicted octanol–water partition coefficient (Wildman–Crippen LogP) is 4.00. The Labute approximate surface area is 233 Å². The van der Waals surface area contributed by atoms with Crippen LogP contribution < -0.4 is 30.3 Å². The molecule has 210 valence electrons. The molecule has 0 aliphatic heterocycles. The van der Waals surface area contributed by atoms with E-state index in [1.807, 2.05) is 31.2 Å². The third-order valence-corrected chi connectivity index (χ3v) is 5.69. The van der Waals surface area contributed by atoms with Crippen molar-refractivity contribution in [2.75, 3.05) is 25.6 Å². The quantitative estimate of drug-likeness (QED) is 0.179. The van der Waals surface area contributed by atoms with Crippen LogP contribution in [0.15, 0.2) is 71.8 Å². The summed E-state index contributed by atoms with van der Waals surface area (Å²) < 4.78 is 16.4. The third kappa shape index (κ3) is 9.16. The number of hydrogen-bond donors (Lipinski definition) is 3. The second-order valence-electron chi connectivity index (χ2n) is 8.98. The fraction of sp³-hybridized carbons (Fsp3) is 0.267. The van der Waals surface area contributed by atoms with Crippen LogP contribution in [0.25, 0.3) is 0 Å². The Morgan fingerprint density at radius 1 is 0.900 bits per heavy atom. The SMILES string of the molecule is CCOc1cc(/C=N\NC(=O)C(=O)NCc2ccc(C(C)C)cc2)ccc1OCC(=O)Nc1ccc(OC)cc1. The summed E-state index contributed by atoms with van der Waals surface area (Å²) in [5, 5.41) is 9.18. The van der Waals surface area contributed by atoms with Gasteiger partial charge in [-0.15, -0.1) is 0 Å². The van der Waals surface area contributed by atoms with Crippen molar-refractivity contribution in [2.24, 2.45) is 5.10 Å². The predicted molar refractivity (Wildman–Crippen MR) is 153 cm³/mol. The molecule has 40 heavy (non-hydrogen) atoms.